The maximum Gasteiger partial charge on any atom is 0.255 e. The van der Waals surface area contributed by atoms with Crippen molar-refractivity contribution in [3.8, 4) is 5.75 Å². The number of hydrogen-bond acceptors (Lipinski definition) is 3. The van der Waals surface area contributed by atoms with Gasteiger partial charge < -0.3 is 15.8 Å². The van der Waals surface area contributed by atoms with Gasteiger partial charge in [0.05, 0.1) is 0 Å². The summed E-state index contributed by atoms with van der Waals surface area (Å²) in [5.41, 5.74) is 6.15. The van der Waals surface area contributed by atoms with Gasteiger partial charge in [-0.1, -0.05) is 24.3 Å². The Morgan fingerprint density at radius 3 is 2.50 bits per heavy atom. The van der Waals surface area contributed by atoms with E-state index < -0.39 is 5.91 Å². The molecule has 0 atom stereocenters. The van der Waals surface area contributed by atoms with E-state index in [1.165, 1.54) is 0 Å². The van der Waals surface area contributed by atoms with Crippen molar-refractivity contribution in [3.05, 3.63) is 60.2 Å². The molecule has 0 aromatic heterocycles. The Morgan fingerprint density at radius 2 is 1.80 bits per heavy atom. The highest BCUT2D eigenvalue weighted by Gasteiger charge is 2.06. The van der Waals surface area contributed by atoms with E-state index in [4.69, 9.17) is 10.5 Å². The zero-order valence-corrected chi connectivity index (χ0v) is 10.7. The van der Waals surface area contributed by atoms with E-state index in [9.17, 15) is 9.59 Å². The van der Waals surface area contributed by atoms with Crippen LogP contribution in [0.2, 0.25) is 0 Å². The summed E-state index contributed by atoms with van der Waals surface area (Å²) in [7, 11) is 0. The predicted octanol–water partition coefficient (Wildman–Crippen LogP) is 1.80. The molecule has 0 spiro atoms. The molecule has 0 saturated heterocycles. The molecule has 2 amide bonds. The highest BCUT2D eigenvalue weighted by atomic mass is 16.5. The van der Waals surface area contributed by atoms with Crippen molar-refractivity contribution in [2.75, 3.05) is 11.9 Å². The van der Waals surface area contributed by atoms with Crippen molar-refractivity contribution in [2.24, 2.45) is 5.73 Å². The van der Waals surface area contributed by atoms with Gasteiger partial charge in [-0.25, -0.2) is 0 Å². The van der Waals surface area contributed by atoms with Crippen molar-refractivity contribution < 1.29 is 14.3 Å². The molecule has 20 heavy (non-hydrogen) atoms. The van der Waals surface area contributed by atoms with E-state index in [1.807, 2.05) is 6.07 Å². The number of carbonyl (C=O) groups excluding carboxylic acids is 2. The second-order valence-electron chi connectivity index (χ2n) is 4.10. The summed E-state index contributed by atoms with van der Waals surface area (Å²) in [5, 5.41) is 2.75. The highest BCUT2D eigenvalue weighted by molar-refractivity contribution is 6.04. The fourth-order valence-corrected chi connectivity index (χ4v) is 1.61. The number of rotatable bonds is 5. The minimum Gasteiger partial charge on any atom is -0.484 e. The topological polar surface area (TPSA) is 81.4 Å². The fourth-order valence-electron chi connectivity index (χ4n) is 1.61. The van der Waals surface area contributed by atoms with Gasteiger partial charge in [0.2, 0.25) is 0 Å². The normalized spacial score (nSPS) is 9.80. The second kappa shape index (κ2) is 6.38. The molecule has 5 heteroatoms. The molecule has 0 unspecified atom stereocenters. The summed E-state index contributed by atoms with van der Waals surface area (Å²) in [5.74, 6) is -0.295. The third-order valence-electron chi connectivity index (χ3n) is 2.51. The third-order valence-corrected chi connectivity index (χ3v) is 2.51. The SMILES string of the molecule is NC(=O)COc1cccc(NC(=O)c2ccccc2)c1. The second-order valence-corrected chi connectivity index (χ2v) is 4.10. The van der Waals surface area contributed by atoms with Gasteiger partial charge in [-0.2, -0.15) is 0 Å². The predicted molar refractivity (Wildman–Crippen MR) is 75.5 cm³/mol. The zero-order valence-electron chi connectivity index (χ0n) is 10.7. The van der Waals surface area contributed by atoms with Gasteiger partial charge in [-0.15, -0.1) is 0 Å². The third kappa shape index (κ3) is 3.84. The van der Waals surface area contributed by atoms with E-state index in [0.29, 0.717) is 17.0 Å². The molecule has 2 aromatic rings. The van der Waals surface area contributed by atoms with Crippen LogP contribution in [-0.2, 0) is 4.79 Å². The van der Waals surface area contributed by atoms with Gasteiger partial charge in [0.15, 0.2) is 6.61 Å². The summed E-state index contributed by atoms with van der Waals surface area (Å²) in [6.07, 6.45) is 0. The van der Waals surface area contributed by atoms with E-state index in [0.717, 1.165) is 0 Å². The number of amides is 2. The van der Waals surface area contributed by atoms with E-state index in [1.54, 1.807) is 48.5 Å². The molecule has 2 aromatic carbocycles. The number of benzene rings is 2. The number of nitrogens with two attached hydrogens (primary N) is 1. The first kappa shape index (κ1) is 13.6. The van der Waals surface area contributed by atoms with Gasteiger partial charge in [0.25, 0.3) is 11.8 Å². The van der Waals surface area contributed by atoms with Crippen LogP contribution in [0, 0.1) is 0 Å². The van der Waals surface area contributed by atoms with E-state index in [-0.39, 0.29) is 12.5 Å². The zero-order chi connectivity index (χ0) is 14.4. The van der Waals surface area contributed by atoms with Crippen molar-refractivity contribution in [1.82, 2.24) is 0 Å². The van der Waals surface area contributed by atoms with Crippen molar-refractivity contribution in [1.29, 1.82) is 0 Å². The minimum absolute atomic E-state index is 0.198. The number of carbonyl (C=O) groups is 2. The summed E-state index contributed by atoms with van der Waals surface area (Å²) in [6.45, 7) is -0.198. The number of anilines is 1. The Morgan fingerprint density at radius 1 is 1.05 bits per heavy atom. The van der Waals surface area contributed by atoms with Crippen molar-refractivity contribution >= 4 is 17.5 Å². The summed E-state index contributed by atoms with van der Waals surface area (Å²) in [4.78, 5) is 22.6. The van der Waals surface area contributed by atoms with E-state index >= 15 is 0 Å². The Labute approximate surface area is 116 Å². The largest absolute Gasteiger partial charge is 0.484 e. The molecule has 0 saturated carbocycles. The van der Waals surface area contributed by atoms with Crippen molar-refractivity contribution in [2.45, 2.75) is 0 Å². The van der Waals surface area contributed by atoms with Crippen molar-refractivity contribution in [3.63, 3.8) is 0 Å². The first-order valence-electron chi connectivity index (χ1n) is 6.03. The Kier molecular flexibility index (Phi) is 4.34. The molecular formula is C15H14N2O3. The molecule has 2 rings (SSSR count). The Hall–Kier alpha value is -2.82. The molecule has 0 aliphatic carbocycles. The fraction of sp³-hybridized carbons (Fsp3) is 0.0667. The van der Waals surface area contributed by atoms with Crippen LogP contribution in [0.15, 0.2) is 54.6 Å². The standard InChI is InChI=1S/C15H14N2O3/c16-14(18)10-20-13-8-4-7-12(9-13)17-15(19)11-5-2-1-3-6-11/h1-9H,10H2,(H2,16,18)(H,17,19). The lowest BCUT2D eigenvalue weighted by Gasteiger charge is -2.08. The van der Waals surface area contributed by atoms with Crippen LogP contribution in [-0.4, -0.2) is 18.4 Å². The maximum absolute atomic E-state index is 12.0. The van der Waals surface area contributed by atoms with Crippen LogP contribution in [0.1, 0.15) is 10.4 Å². The molecule has 0 fully saturated rings. The summed E-state index contributed by atoms with van der Waals surface area (Å²) < 4.78 is 5.17. The Bertz CT molecular complexity index is 612. The van der Waals surface area contributed by atoms with Gasteiger partial charge >= 0.3 is 0 Å². The molecular weight excluding hydrogens is 256 g/mol. The molecule has 0 bridgehead atoms. The van der Waals surface area contributed by atoms with Gasteiger partial charge in [-0.05, 0) is 24.3 Å². The first-order valence-corrected chi connectivity index (χ1v) is 6.03. The smallest absolute Gasteiger partial charge is 0.255 e. The molecule has 3 N–H and O–H groups in total. The number of primary amides is 1. The number of hydrogen-bond donors (Lipinski definition) is 2. The lowest BCUT2D eigenvalue weighted by molar-refractivity contribution is -0.119. The molecule has 102 valence electrons. The van der Waals surface area contributed by atoms with Crippen LogP contribution >= 0.6 is 0 Å². The average Bonchev–Trinajstić information content (AvgIpc) is 2.46. The maximum atomic E-state index is 12.0. The van der Waals surface area contributed by atoms with Crippen LogP contribution in [0.5, 0.6) is 5.75 Å². The highest BCUT2D eigenvalue weighted by Crippen LogP contribution is 2.18. The molecule has 5 nitrogen and oxygen atoms in total. The quantitative estimate of drug-likeness (QED) is 0.869. The van der Waals surface area contributed by atoms with Crippen LogP contribution in [0.3, 0.4) is 0 Å². The van der Waals surface area contributed by atoms with Crippen LogP contribution in [0.25, 0.3) is 0 Å². The summed E-state index contributed by atoms with van der Waals surface area (Å²) in [6, 6.07) is 15.6. The van der Waals surface area contributed by atoms with Gasteiger partial charge in [-0.3, -0.25) is 9.59 Å². The lowest BCUT2D eigenvalue weighted by Crippen LogP contribution is -2.20. The van der Waals surface area contributed by atoms with Crippen LogP contribution in [0.4, 0.5) is 5.69 Å². The van der Waals surface area contributed by atoms with Gasteiger partial charge in [0.1, 0.15) is 5.75 Å². The molecule has 0 radical (unpaired) electrons. The van der Waals surface area contributed by atoms with Gasteiger partial charge in [0, 0.05) is 17.3 Å². The first-order chi connectivity index (χ1) is 9.65. The summed E-state index contributed by atoms with van der Waals surface area (Å²) >= 11 is 0. The average molecular weight is 270 g/mol. The molecule has 0 heterocycles. The monoisotopic (exact) mass is 270 g/mol. The Balaban J connectivity index is 2.04. The van der Waals surface area contributed by atoms with E-state index in [2.05, 4.69) is 5.32 Å². The van der Waals surface area contributed by atoms with Crippen LogP contribution < -0.4 is 15.8 Å². The minimum atomic E-state index is -0.552. The molecule has 0 aliphatic heterocycles. The number of ether oxygens (including phenoxy) is 1. The molecule has 0 aliphatic rings. The number of nitrogens with one attached hydrogen (secondary N) is 1. The lowest BCUT2D eigenvalue weighted by atomic mass is 10.2.